The molecule has 20 heavy (non-hydrogen) atoms. The molecule has 0 saturated heterocycles. The molecule has 0 fully saturated rings. The Morgan fingerprint density at radius 2 is 1.80 bits per heavy atom. The molecule has 0 spiro atoms. The summed E-state index contributed by atoms with van der Waals surface area (Å²) in [4.78, 5) is 12.0. The van der Waals surface area contributed by atoms with E-state index in [0.29, 0.717) is 22.8 Å². The normalized spacial score (nSPS) is 10.3. The van der Waals surface area contributed by atoms with Crippen LogP contribution in [0.15, 0.2) is 42.5 Å². The summed E-state index contributed by atoms with van der Waals surface area (Å²) in [5.74, 6) is -0.161. The van der Waals surface area contributed by atoms with Crippen molar-refractivity contribution >= 4 is 23.2 Å². The molecular weight excluding hydrogens is 272 g/mol. The van der Waals surface area contributed by atoms with Crippen LogP contribution in [-0.4, -0.2) is 5.91 Å². The van der Waals surface area contributed by atoms with Gasteiger partial charge in [-0.15, -0.1) is 0 Å². The largest absolute Gasteiger partial charge is 0.398 e. The molecule has 4 heteroatoms. The maximum Gasteiger partial charge on any atom is 0.251 e. The van der Waals surface area contributed by atoms with Crippen molar-refractivity contribution in [3.05, 3.63) is 64.2 Å². The highest BCUT2D eigenvalue weighted by Crippen LogP contribution is 2.19. The van der Waals surface area contributed by atoms with Gasteiger partial charge in [0.05, 0.1) is 10.7 Å². The monoisotopic (exact) mass is 288 g/mol. The maximum absolute atomic E-state index is 12.0. The molecule has 2 aromatic rings. The average molecular weight is 289 g/mol. The van der Waals surface area contributed by atoms with Gasteiger partial charge in [0.25, 0.3) is 5.91 Å². The molecule has 0 aliphatic carbocycles. The van der Waals surface area contributed by atoms with Crippen LogP contribution in [0.4, 0.5) is 5.69 Å². The summed E-state index contributed by atoms with van der Waals surface area (Å²) in [6.07, 6.45) is 1.01. The summed E-state index contributed by atoms with van der Waals surface area (Å²) in [6, 6.07) is 13.1. The van der Waals surface area contributed by atoms with Crippen LogP contribution in [0.3, 0.4) is 0 Å². The zero-order valence-corrected chi connectivity index (χ0v) is 12.1. The van der Waals surface area contributed by atoms with Gasteiger partial charge in [-0.3, -0.25) is 4.79 Å². The first-order valence-corrected chi connectivity index (χ1v) is 6.89. The second-order valence-electron chi connectivity index (χ2n) is 4.59. The lowest BCUT2D eigenvalue weighted by Gasteiger charge is -2.07. The number of nitrogen functional groups attached to an aromatic ring is 1. The Labute approximate surface area is 123 Å². The van der Waals surface area contributed by atoms with Gasteiger partial charge >= 0.3 is 0 Å². The molecule has 104 valence electrons. The van der Waals surface area contributed by atoms with Gasteiger partial charge < -0.3 is 11.1 Å². The minimum Gasteiger partial charge on any atom is -0.398 e. The van der Waals surface area contributed by atoms with Crippen LogP contribution >= 0.6 is 11.6 Å². The third kappa shape index (κ3) is 3.52. The predicted molar refractivity (Wildman–Crippen MR) is 82.9 cm³/mol. The van der Waals surface area contributed by atoms with E-state index in [-0.39, 0.29) is 5.91 Å². The number of amides is 1. The van der Waals surface area contributed by atoms with Gasteiger partial charge in [0, 0.05) is 12.1 Å². The van der Waals surface area contributed by atoms with Crippen LogP contribution in [0, 0.1) is 0 Å². The minimum atomic E-state index is -0.161. The van der Waals surface area contributed by atoms with Crippen LogP contribution in [0.1, 0.15) is 28.4 Å². The predicted octanol–water partition coefficient (Wildman–Crippen LogP) is 3.41. The number of nitrogens with one attached hydrogen (secondary N) is 1. The van der Waals surface area contributed by atoms with E-state index in [9.17, 15) is 4.79 Å². The van der Waals surface area contributed by atoms with E-state index in [1.807, 2.05) is 12.1 Å². The number of halogens is 1. The Morgan fingerprint density at radius 1 is 1.15 bits per heavy atom. The zero-order chi connectivity index (χ0) is 14.5. The lowest BCUT2D eigenvalue weighted by molar-refractivity contribution is 0.0951. The first-order chi connectivity index (χ1) is 9.60. The number of benzene rings is 2. The number of rotatable bonds is 4. The van der Waals surface area contributed by atoms with E-state index in [4.69, 9.17) is 17.3 Å². The van der Waals surface area contributed by atoms with Crippen molar-refractivity contribution in [3.63, 3.8) is 0 Å². The van der Waals surface area contributed by atoms with Crippen molar-refractivity contribution in [2.45, 2.75) is 19.9 Å². The van der Waals surface area contributed by atoms with Gasteiger partial charge in [0.1, 0.15) is 0 Å². The fourth-order valence-corrected chi connectivity index (χ4v) is 2.03. The SMILES string of the molecule is CCc1ccc(CNC(=O)c2ccc(N)c(Cl)c2)cc1. The first-order valence-electron chi connectivity index (χ1n) is 6.51. The van der Waals surface area contributed by atoms with Gasteiger partial charge in [-0.2, -0.15) is 0 Å². The summed E-state index contributed by atoms with van der Waals surface area (Å²) in [5.41, 5.74) is 8.95. The molecule has 0 aliphatic rings. The van der Waals surface area contributed by atoms with Crippen molar-refractivity contribution in [1.29, 1.82) is 0 Å². The average Bonchev–Trinajstić information content (AvgIpc) is 2.48. The van der Waals surface area contributed by atoms with Gasteiger partial charge in [-0.25, -0.2) is 0 Å². The summed E-state index contributed by atoms with van der Waals surface area (Å²) in [6.45, 7) is 2.60. The van der Waals surface area contributed by atoms with Crippen molar-refractivity contribution < 1.29 is 4.79 Å². The molecule has 0 bridgehead atoms. The third-order valence-electron chi connectivity index (χ3n) is 3.15. The van der Waals surface area contributed by atoms with Crippen LogP contribution in [0.25, 0.3) is 0 Å². The minimum absolute atomic E-state index is 0.161. The molecular formula is C16H17ClN2O. The lowest BCUT2D eigenvalue weighted by atomic mass is 10.1. The van der Waals surface area contributed by atoms with Crippen LogP contribution in [0.5, 0.6) is 0 Å². The Kier molecular flexibility index (Phi) is 4.64. The van der Waals surface area contributed by atoms with Crippen molar-refractivity contribution in [2.24, 2.45) is 0 Å². The molecule has 0 radical (unpaired) electrons. The highest BCUT2D eigenvalue weighted by Gasteiger charge is 2.07. The standard InChI is InChI=1S/C16H17ClN2O/c1-2-11-3-5-12(6-4-11)10-19-16(20)13-7-8-15(18)14(17)9-13/h3-9H,2,10,18H2,1H3,(H,19,20). The van der Waals surface area contributed by atoms with Crippen molar-refractivity contribution in [3.8, 4) is 0 Å². The highest BCUT2D eigenvalue weighted by molar-refractivity contribution is 6.33. The smallest absolute Gasteiger partial charge is 0.251 e. The van der Waals surface area contributed by atoms with Crippen LogP contribution in [-0.2, 0) is 13.0 Å². The molecule has 2 rings (SSSR count). The van der Waals surface area contributed by atoms with E-state index >= 15 is 0 Å². The Morgan fingerprint density at radius 3 is 2.40 bits per heavy atom. The maximum atomic E-state index is 12.0. The number of aryl methyl sites for hydroxylation is 1. The van der Waals surface area contributed by atoms with Gasteiger partial charge in [-0.05, 0) is 35.7 Å². The molecule has 0 unspecified atom stereocenters. The van der Waals surface area contributed by atoms with Gasteiger partial charge in [0.15, 0.2) is 0 Å². The topological polar surface area (TPSA) is 55.1 Å². The van der Waals surface area contributed by atoms with Crippen molar-refractivity contribution in [1.82, 2.24) is 5.32 Å². The van der Waals surface area contributed by atoms with E-state index < -0.39 is 0 Å². The molecule has 0 saturated carbocycles. The lowest BCUT2D eigenvalue weighted by Crippen LogP contribution is -2.22. The summed E-state index contributed by atoms with van der Waals surface area (Å²) < 4.78 is 0. The van der Waals surface area contributed by atoms with Crippen LogP contribution < -0.4 is 11.1 Å². The Balaban J connectivity index is 1.98. The van der Waals surface area contributed by atoms with E-state index in [1.54, 1.807) is 18.2 Å². The number of nitrogens with two attached hydrogens (primary N) is 1. The zero-order valence-electron chi connectivity index (χ0n) is 11.3. The highest BCUT2D eigenvalue weighted by atomic mass is 35.5. The molecule has 3 N–H and O–H groups in total. The number of hydrogen-bond acceptors (Lipinski definition) is 2. The van der Waals surface area contributed by atoms with E-state index in [2.05, 4.69) is 24.4 Å². The van der Waals surface area contributed by atoms with E-state index in [1.165, 1.54) is 5.56 Å². The summed E-state index contributed by atoms with van der Waals surface area (Å²) in [5, 5.41) is 3.25. The second kappa shape index (κ2) is 6.44. The third-order valence-corrected chi connectivity index (χ3v) is 3.47. The molecule has 1 amide bonds. The molecule has 0 heterocycles. The summed E-state index contributed by atoms with van der Waals surface area (Å²) >= 11 is 5.90. The number of carbonyl (C=O) groups is 1. The molecule has 2 aromatic carbocycles. The number of hydrogen-bond donors (Lipinski definition) is 2. The second-order valence-corrected chi connectivity index (χ2v) is 5.00. The molecule has 0 aliphatic heterocycles. The Hall–Kier alpha value is -2.00. The quantitative estimate of drug-likeness (QED) is 0.847. The first kappa shape index (κ1) is 14.4. The molecule has 0 atom stereocenters. The molecule has 0 aromatic heterocycles. The number of carbonyl (C=O) groups excluding carboxylic acids is 1. The van der Waals surface area contributed by atoms with E-state index in [0.717, 1.165) is 12.0 Å². The van der Waals surface area contributed by atoms with Crippen LogP contribution in [0.2, 0.25) is 5.02 Å². The molecule has 3 nitrogen and oxygen atoms in total. The fourth-order valence-electron chi connectivity index (χ4n) is 1.85. The summed E-state index contributed by atoms with van der Waals surface area (Å²) in [7, 11) is 0. The van der Waals surface area contributed by atoms with Gasteiger partial charge in [0.2, 0.25) is 0 Å². The fraction of sp³-hybridized carbons (Fsp3) is 0.188. The number of anilines is 1. The van der Waals surface area contributed by atoms with Gasteiger partial charge in [-0.1, -0.05) is 42.8 Å². The van der Waals surface area contributed by atoms with Crippen molar-refractivity contribution in [2.75, 3.05) is 5.73 Å². The Bertz CT molecular complexity index is 608.